The molecule has 0 amide bonds. The van der Waals surface area contributed by atoms with Crippen molar-refractivity contribution in [1.82, 2.24) is 19.7 Å². The maximum Gasteiger partial charge on any atom is 0.0800 e. The molecule has 0 fully saturated rings. The maximum absolute atomic E-state index is 6.03. The van der Waals surface area contributed by atoms with E-state index in [1.54, 1.807) is 24.8 Å². The van der Waals surface area contributed by atoms with Gasteiger partial charge in [0.25, 0.3) is 0 Å². The summed E-state index contributed by atoms with van der Waals surface area (Å²) in [6.07, 6.45) is 8.64. The molecule has 0 saturated heterocycles. The highest BCUT2D eigenvalue weighted by molar-refractivity contribution is 5.20. The highest BCUT2D eigenvalue weighted by atomic mass is 15.3. The van der Waals surface area contributed by atoms with Gasteiger partial charge in [0.05, 0.1) is 24.1 Å². The molecule has 1 unspecified atom stereocenters. The van der Waals surface area contributed by atoms with Crippen LogP contribution in [-0.2, 0) is 6.54 Å². The number of hydrogen-bond acceptors (Lipinski definition) is 4. The van der Waals surface area contributed by atoms with Crippen LogP contribution in [0.15, 0.2) is 31.0 Å². The van der Waals surface area contributed by atoms with Gasteiger partial charge in [-0.3, -0.25) is 14.6 Å². The fourth-order valence-corrected chi connectivity index (χ4v) is 1.36. The first-order valence-electron chi connectivity index (χ1n) is 4.85. The summed E-state index contributed by atoms with van der Waals surface area (Å²) in [4.78, 5) is 8.15. The van der Waals surface area contributed by atoms with Crippen LogP contribution in [0.3, 0.4) is 0 Å². The van der Waals surface area contributed by atoms with Gasteiger partial charge < -0.3 is 5.73 Å². The minimum absolute atomic E-state index is 0.251. The highest BCUT2D eigenvalue weighted by Crippen LogP contribution is 2.15. The summed E-state index contributed by atoms with van der Waals surface area (Å²) in [6, 6.07) is -0.251. The van der Waals surface area contributed by atoms with E-state index >= 15 is 0 Å². The second-order valence-corrected chi connectivity index (χ2v) is 3.24. The van der Waals surface area contributed by atoms with Crippen LogP contribution >= 0.6 is 0 Å². The number of aryl methyl sites for hydroxylation is 1. The first-order valence-corrected chi connectivity index (χ1v) is 4.85. The van der Waals surface area contributed by atoms with Crippen LogP contribution in [0.5, 0.6) is 0 Å². The van der Waals surface area contributed by atoms with Gasteiger partial charge in [0, 0.05) is 30.7 Å². The third-order valence-electron chi connectivity index (χ3n) is 2.24. The van der Waals surface area contributed by atoms with Crippen LogP contribution in [0.1, 0.15) is 24.2 Å². The molecule has 0 aliphatic rings. The Bertz CT molecular complexity index is 422. The van der Waals surface area contributed by atoms with Gasteiger partial charge in [0.2, 0.25) is 0 Å². The average Bonchev–Trinajstić information content (AvgIpc) is 2.78. The summed E-state index contributed by atoms with van der Waals surface area (Å²) in [6.45, 7) is 2.87. The standard InChI is InChI=1S/C10H13N5/c1-2-15-7-8(5-14-15)10(11)9-6-12-3-4-13-9/h3-7,10H,2,11H2,1H3. The molecule has 2 aromatic rings. The summed E-state index contributed by atoms with van der Waals surface area (Å²) in [5.41, 5.74) is 7.74. The summed E-state index contributed by atoms with van der Waals surface area (Å²) in [7, 11) is 0. The molecular weight excluding hydrogens is 190 g/mol. The van der Waals surface area contributed by atoms with Crippen molar-refractivity contribution in [1.29, 1.82) is 0 Å². The minimum atomic E-state index is -0.251. The topological polar surface area (TPSA) is 69.6 Å². The molecule has 2 N–H and O–H groups in total. The second-order valence-electron chi connectivity index (χ2n) is 3.24. The molecule has 0 aliphatic heterocycles. The molecule has 1 atom stereocenters. The van der Waals surface area contributed by atoms with E-state index < -0.39 is 0 Å². The molecule has 0 aliphatic carbocycles. The Labute approximate surface area is 88.0 Å². The van der Waals surface area contributed by atoms with Gasteiger partial charge in [-0.2, -0.15) is 5.10 Å². The van der Waals surface area contributed by atoms with Crippen molar-refractivity contribution in [3.8, 4) is 0 Å². The van der Waals surface area contributed by atoms with E-state index in [9.17, 15) is 0 Å². The Morgan fingerprint density at radius 1 is 1.40 bits per heavy atom. The Morgan fingerprint density at radius 2 is 2.27 bits per heavy atom. The Morgan fingerprint density at radius 3 is 2.87 bits per heavy atom. The van der Waals surface area contributed by atoms with Crippen LogP contribution in [0.2, 0.25) is 0 Å². The summed E-state index contributed by atoms with van der Waals surface area (Å²) in [5, 5.41) is 4.17. The predicted octanol–water partition coefficient (Wildman–Crippen LogP) is 0.741. The van der Waals surface area contributed by atoms with E-state index in [2.05, 4.69) is 15.1 Å². The fourth-order valence-electron chi connectivity index (χ4n) is 1.36. The monoisotopic (exact) mass is 203 g/mol. The first kappa shape index (κ1) is 9.79. The van der Waals surface area contributed by atoms with Crippen molar-refractivity contribution in [3.05, 3.63) is 42.2 Å². The minimum Gasteiger partial charge on any atom is -0.319 e. The van der Waals surface area contributed by atoms with E-state index in [1.807, 2.05) is 17.8 Å². The van der Waals surface area contributed by atoms with Gasteiger partial charge in [-0.1, -0.05) is 0 Å². The molecule has 0 radical (unpaired) electrons. The molecule has 2 heterocycles. The first-order chi connectivity index (χ1) is 7.31. The van der Waals surface area contributed by atoms with E-state index in [4.69, 9.17) is 5.73 Å². The largest absolute Gasteiger partial charge is 0.319 e. The van der Waals surface area contributed by atoms with Crippen LogP contribution in [0, 0.1) is 0 Å². The van der Waals surface area contributed by atoms with Crippen LogP contribution < -0.4 is 5.73 Å². The van der Waals surface area contributed by atoms with E-state index in [0.717, 1.165) is 17.8 Å². The number of nitrogens with zero attached hydrogens (tertiary/aromatic N) is 4. The normalized spacial score (nSPS) is 12.7. The van der Waals surface area contributed by atoms with Crippen molar-refractivity contribution in [2.45, 2.75) is 19.5 Å². The smallest absolute Gasteiger partial charge is 0.0800 e. The number of hydrogen-bond donors (Lipinski definition) is 1. The molecule has 0 spiro atoms. The molecule has 0 saturated carbocycles. The van der Waals surface area contributed by atoms with E-state index in [0.29, 0.717) is 0 Å². The van der Waals surface area contributed by atoms with Crippen molar-refractivity contribution >= 4 is 0 Å². The van der Waals surface area contributed by atoms with Gasteiger partial charge in [0.1, 0.15) is 0 Å². The molecule has 0 aromatic carbocycles. The van der Waals surface area contributed by atoms with Gasteiger partial charge in [0.15, 0.2) is 0 Å². The van der Waals surface area contributed by atoms with Crippen LogP contribution in [0.4, 0.5) is 0 Å². The van der Waals surface area contributed by atoms with Gasteiger partial charge in [-0.05, 0) is 6.92 Å². The highest BCUT2D eigenvalue weighted by Gasteiger charge is 2.11. The van der Waals surface area contributed by atoms with Crippen molar-refractivity contribution in [2.24, 2.45) is 5.73 Å². The average molecular weight is 203 g/mol. The predicted molar refractivity (Wildman–Crippen MR) is 56.0 cm³/mol. The Balaban J connectivity index is 2.24. The molecular formula is C10H13N5. The fraction of sp³-hybridized carbons (Fsp3) is 0.300. The number of nitrogens with two attached hydrogens (primary N) is 1. The maximum atomic E-state index is 6.03. The lowest BCUT2D eigenvalue weighted by Crippen LogP contribution is -2.13. The molecule has 0 bridgehead atoms. The third-order valence-corrected chi connectivity index (χ3v) is 2.24. The summed E-state index contributed by atoms with van der Waals surface area (Å²) < 4.78 is 1.84. The second kappa shape index (κ2) is 4.18. The van der Waals surface area contributed by atoms with Crippen LogP contribution in [-0.4, -0.2) is 19.7 Å². The number of aromatic nitrogens is 4. The van der Waals surface area contributed by atoms with Gasteiger partial charge in [-0.25, -0.2) is 0 Å². The Hall–Kier alpha value is -1.75. The molecule has 2 aromatic heterocycles. The molecule has 2 rings (SSSR count). The Kier molecular flexibility index (Phi) is 2.73. The quantitative estimate of drug-likeness (QED) is 0.798. The summed E-state index contributed by atoms with van der Waals surface area (Å²) in [5.74, 6) is 0. The zero-order valence-corrected chi connectivity index (χ0v) is 8.54. The molecule has 5 heteroatoms. The lowest BCUT2D eigenvalue weighted by Gasteiger charge is -2.06. The van der Waals surface area contributed by atoms with Gasteiger partial charge in [-0.15, -0.1) is 0 Å². The van der Waals surface area contributed by atoms with Crippen LogP contribution in [0.25, 0.3) is 0 Å². The van der Waals surface area contributed by atoms with E-state index in [1.165, 1.54) is 0 Å². The van der Waals surface area contributed by atoms with Crippen molar-refractivity contribution < 1.29 is 0 Å². The van der Waals surface area contributed by atoms with Gasteiger partial charge >= 0.3 is 0 Å². The van der Waals surface area contributed by atoms with E-state index in [-0.39, 0.29) is 6.04 Å². The molecule has 5 nitrogen and oxygen atoms in total. The lowest BCUT2D eigenvalue weighted by atomic mass is 10.1. The zero-order valence-electron chi connectivity index (χ0n) is 8.54. The molecule has 15 heavy (non-hydrogen) atoms. The molecule has 78 valence electrons. The lowest BCUT2D eigenvalue weighted by molar-refractivity contribution is 0.658. The van der Waals surface area contributed by atoms with Crippen molar-refractivity contribution in [3.63, 3.8) is 0 Å². The zero-order chi connectivity index (χ0) is 10.7. The van der Waals surface area contributed by atoms with Crippen molar-refractivity contribution in [2.75, 3.05) is 0 Å². The third kappa shape index (κ3) is 2.02. The SMILES string of the molecule is CCn1cc(C(N)c2cnccn2)cn1. The number of rotatable bonds is 3. The summed E-state index contributed by atoms with van der Waals surface area (Å²) >= 11 is 0.